The van der Waals surface area contributed by atoms with Crippen LogP contribution in [0.5, 0.6) is 0 Å². The van der Waals surface area contributed by atoms with Crippen molar-refractivity contribution >= 4 is 27.7 Å². The van der Waals surface area contributed by atoms with Gasteiger partial charge in [0, 0.05) is 5.33 Å². The van der Waals surface area contributed by atoms with Gasteiger partial charge in [0.2, 0.25) is 0 Å². The summed E-state index contributed by atoms with van der Waals surface area (Å²) in [6, 6.07) is 0. The van der Waals surface area contributed by atoms with E-state index in [9.17, 15) is 0 Å². The van der Waals surface area contributed by atoms with Crippen molar-refractivity contribution in [3.8, 4) is 0 Å². The summed E-state index contributed by atoms with van der Waals surface area (Å²) in [4.78, 5) is 0. The normalized spacial score (nSPS) is 26.0. The molecule has 1 saturated heterocycles. The minimum absolute atomic E-state index is 0.868. The van der Waals surface area contributed by atoms with Crippen LogP contribution in [0.3, 0.4) is 0 Å². The molecule has 11 heavy (non-hydrogen) atoms. The Morgan fingerprint density at radius 2 is 2.55 bits per heavy atom. The molecule has 1 rings (SSSR count). The highest BCUT2D eigenvalue weighted by atomic mass is 79.9. The molecule has 0 aliphatic carbocycles. The Bertz CT molecular complexity index is 130. The molecular weight excluding hydrogens is 220 g/mol. The quantitative estimate of drug-likeness (QED) is 0.533. The summed E-state index contributed by atoms with van der Waals surface area (Å²) < 4.78 is 0. The molecule has 0 aromatic rings. The summed E-state index contributed by atoms with van der Waals surface area (Å²) >= 11 is 5.59. The lowest BCUT2D eigenvalue weighted by Gasteiger charge is -2.04. The second-order valence-electron chi connectivity index (χ2n) is 2.94. The van der Waals surface area contributed by atoms with E-state index >= 15 is 0 Å². The van der Waals surface area contributed by atoms with E-state index in [1.807, 2.05) is 0 Å². The van der Waals surface area contributed by atoms with Crippen molar-refractivity contribution in [2.24, 2.45) is 5.92 Å². The average Bonchev–Trinajstić information content (AvgIpc) is 2.52. The van der Waals surface area contributed by atoms with Crippen molar-refractivity contribution in [3.05, 3.63) is 11.6 Å². The highest BCUT2D eigenvalue weighted by Gasteiger charge is 2.12. The molecule has 1 aliphatic rings. The number of rotatable bonds is 3. The van der Waals surface area contributed by atoms with E-state index in [0.29, 0.717) is 0 Å². The van der Waals surface area contributed by atoms with Crippen LogP contribution in [0.25, 0.3) is 0 Å². The molecule has 0 amide bonds. The van der Waals surface area contributed by atoms with Gasteiger partial charge >= 0.3 is 0 Å². The standard InChI is InChI=1S/C9H15BrS/c1-2-8(6-10)5-9-3-4-11-7-9/h5,9H,2-4,6-7H2,1H3. The van der Waals surface area contributed by atoms with E-state index in [1.165, 1.54) is 24.3 Å². The van der Waals surface area contributed by atoms with Gasteiger partial charge in [-0.05, 0) is 30.3 Å². The molecule has 0 aromatic carbocycles. The Balaban J connectivity index is 2.40. The Morgan fingerprint density at radius 1 is 1.73 bits per heavy atom. The van der Waals surface area contributed by atoms with Crippen LogP contribution < -0.4 is 0 Å². The lowest BCUT2D eigenvalue weighted by molar-refractivity contribution is 0.737. The zero-order valence-corrected chi connectivity index (χ0v) is 9.38. The molecule has 1 unspecified atom stereocenters. The van der Waals surface area contributed by atoms with Gasteiger partial charge in [0.1, 0.15) is 0 Å². The number of allylic oxidation sites excluding steroid dienone is 2. The van der Waals surface area contributed by atoms with Gasteiger partial charge < -0.3 is 0 Å². The Morgan fingerprint density at radius 3 is 3.00 bits per heavy atom. The topological polar surface area (TPSA) is 0 Å². The lowest BCUT2D eigenvalue weighted by Crippen LogP contribution is -1.95. The number of hydrogen-bond donors (Lipinski definition) is 0. The minimum atomic E-state index is 0.868. The third-order valence-electron chi connectivity index (χ3n) is 2.06. The molecule has 1 atom stereocenters. The predicted octanol–water partition coefficient (Wildman–Crippen LogP) is 3.47. The van der Waals surface area contributed by atoms with Gasteiger partial charge in [-0.1, -0.05) is 34.5 Å². The van der Waals surface area contributed by atoms with E-state index in [4.69, 9.17) is 0 Å². The van der Waals surface area contributed by atoms with Crippen LogP contribution in [-0.2, 0) is 0 Å². The fourth-order valence-corrected chi connectivity index (χ4v) is 3.06. The Labute approximate surface area is 82.0 Å². The van der Waals surface area contributed by atoms with E-state index in [2.05, 4.69) is 40.7 Å². The zero-order chi connectivity index (χ0) is 8.10. The molecule has 64 valence electrons. The fourth-order valence-electron chi connectivity index (χ4n) is 1.27. The number of alkyl halides is 1. The van der Waals surface area contributed by atoms with Crippen LogP contribution in [0.15, 0.2) is 11.6 Å². The third kappa shape index (κ3) is 3.20. The number of hydrogen-bond acceptors (Lipinski definition) is 1. The van der Waals surface area contributed by atoms with E-state index < -0.39 is 0 Å². The Hall–Kier alpha value is 0.570. The molecule has 1 aliphatic heterocycles. The van der Waals surface area contributed by atoms with Crippen molar-refractivity contribution in [3.63, 3.8) is 0 Å². The predicted molar refractivity (Wildman–Crippen MR) is 57.6 cm³/mol. The van der Waals surface area contributed by atoms with Crippen LogP contribution in [0.1, 0.15) is 19.8 Å². The second-order valence-corrected chi connectivity index (χ2v) is 4.65. The molecule has 0 N–H and O–H groups in total. The van der Waals surface area contributed by atoms with Crippen molar-refractivity contribution in [1.29, 1.82) is 0 Å². The van der Waals surface area contributed by atoms with E-state index in [1.54, 1.807) is 5.57 Å². The van der Waals surface area contributed by atoms with Crippen molar-refractivity contribution in [2.45, 2.75) is 19.8 Å². The van der Waals surface area contributed by atoms with E-state index in [-0.39, 0.29) is 0 Å². The largest absolute Gasteiger partial charge is 0.161 e. The molecule has 2 heteroatoms. The highest BCUT2D eigenvalue weighted by molar-refractivity contribution is 9.09. The maximum atomic E-state index is 3.51. The molecule has 1 heterocycles. The van der Waals surface area contributed by atoms with Gasteiger partial charge in [-0.25, -0.2) is 0 Å². The van der Waals surface area contributed by atoms with Crippen molar-refractivity contribution in [2.75, 3.05) is 16.8 Å². The summed E-state index contributed by atoms with van der Waals surface area (Å²) in [7, 11) is 0. The van der Waals surface area contributed by atoms with E-state index in [0.717, 1.165) is 11.2 Å². The van der Waals surface area contributed by atoms with Gasteiger partial charge in [0.25, 0.3) is 0 Å². The third-order valence-corrected chi connectivity index (χ3v) is 3.97. The zero-order valence-electron chi connectivity index (χ0n) is 6.98. The van der Waals surface area contributed by atoms with Crippen LogP contribution in [0.4, 0.5) is 0 Å². The molecule has 0 aromatic heterocycles. The smallest absolute Gasteiger partial charge is 0.0241 e. The molecular formula is C9H15BrS. The summed E-state index contributed by atoms with van der Waals surface area (Å²) in [5.41, 5.74) is 1.57. The molecule has 0 nitrogen and oxygen atoms in total. The lowest BCUT2D eigenvalue weighted by atomic mass is 10.0. The molecule has 0 spiro atoms. The average molecular weight is 235 g/mol. The first-order valence-corrected chi connectivity index (χ1v) is 6.47. The van der Waals surface area contributed by atoms with Crippen molar-refractivity contribution < 1.29 is 0 Å². The fraction of sp³-hybridized carbons (Fsp3) is 0.778. The van der Waals surface area contributed by atoms with Gasteiger partial charge in [0.15, 0.2) is 0 Å². The summed E-state index contributed by atoms with van der Waals surface area (Å²) in [6.07, 6.45) is 5.06. The Kier molecular flexibility index (Phi) is 4.61. The number of halogens is 1. The van der Waals surface area contributed by atoms with Crippen LogP contribution >= 0.6 is 27.7 Å². The number of thioether (sulfide) groups is 1. The van der Waals surface area contributed by atoms with Gasteiger partial charge in [-0.2, -0.15) is 11.8 Å². The molecule has 0 bridgehead atoms. The molecule has 0 radical (unpaired) electrons. The van der Waals surface area contributed by atoms with Crippen molar-refractivity contribution in [1.82, 2.24) is 0 Å². The minimum Gasteiger partial charge on any atom is -0.161 e. The first-order chi connectivity index (χ1) is 5.36. The van der Waals surface area contributed by atoms with Gasteiger partial charge in [0.05, 0.1) is 0 Å². The summed E-state index contributed by atoms with van der Waals surface area (Å²) in [5.74, 6) is 3.57. The van der Waals surface area contributed by atoms with Gasteiger partial charge in [-0.15, -0.1) is 0 Å². The monoisotopic (exact) mass is 234 g/mol. The molecule has 0 saturated carbocycles. The maximum Gasteiger partial charge on any atom is 0.0241 e. The summed E-state index contributed by atoms with van der Waals surface area (Å²) in [5, 5.41) is 1.06. The SMILES string of the molecule is CCC(=CC1CCSC1)CBr. The molecule has 1 fully saturated rings. The first-order valence-electron chi connectivity index (χ1n) is 4.20. The van der Waals surface area contributed by atoms with Crippen LogP contribution in [0.2, 0.25) is 0 Å². The van der Waals surface area contributed by atoms with Gasteiger partial charge in [-0.3, -0.25) is 0 Å². The summed E-state index contributed by atoms with van der Waals surface area (Å²) in [6.45, 7) is 2.23. The second kappa shape index (κ2) is 5.26. The van der Waals surface area contributed by atoms with Crippen LogP contribution in [0, 0.1) is 5.92 Å². The van der Waals surface area contributed by atoms with Crippen LogP contribution in [-0.4, -0.2) is 16.8 Å². The first kappa shape index (κ1) is 9.66. The maximum absolute atomic E-state index is 3.51. The highest BCUT2D eigenvalue weighted by Crippen LogP contribution is 2.26.